The lowest BCUT2D eigenvalue weighted by molar-refractivity contribution is 0.0939. The van der Waals surface area contributed by atoms with Crippen LogP contribution >= 0.6 is 10.7 Å². The standard InChI is InChI=1S/C11H13ClFNO3S/c1-3-7(2)14-11(15)8-4-5-9(13)10(6-8)18(12,16)17/h4-7H,3H2,1-2H3,(H,14,15). The van der Waals surface area contributed by atoms with E-state index in [-0.39, 0.29) is 11.6 Å². The molecule has 4 nitrogen and oxygen atoms in total. The minimum absolute atomic E-state index is 0.0518. The SMILES string of the molecule is CCC(C)NC(=O)c1ccc(F)c(S(=O)(=O)Cl)c1. The summed E-state index contributed by atoms with van der Waals surface area (Å²) in [5.74, 6) is -1.45. The summed E-state index contributed by atoms with van der Waals surface area (Å²) in [6, 6.07) is 2.98. The molecule has 1 atom stereocenters. The van der Waals surface area contributed by atoms with Crippen molar-refractivity contribution >= 4 is 25.6 Å². The van der Waals surface area contributed by atoms with Gasteiger partial charge in [-0.2, -0.15) is 0 Å². The Morgan fingerprint density at radius 2 is 2.11 bits per heavy atom. The van der Waals surface area contributed by atoms with E-state index in [0.717, 1.165) is 18.6 Å². The molecule has 0 spiro atoms. The van der Waals surface area contributed by atoms with Gasteiger partial charge in [0.05, 0.1) is 0 Å². The highest BCUT2D eigenvalue weighted by Crippen LogP contribution is 2.20. The molecule has 1 unspecified atom stereocenters. The molecule has 0 saturated carbocycles. The maximum atomic E-state index is 13.3. The molecule has 0 fully saturated rings. The third-order valence-electron chi connectivity index (χ3n) is 2.45. The fourth-order valence-corrected chi connectivity index (χ4v) is 2.16. The van der Waals surface area contributed by atoms with E-state index < -0.39 is 25.7 Å². The minimum Gasteiger partial charge on any atom is -0.350 e. The molecular weight excluding hydrogens is 281 g/mol. The molecule has 1 amide bonds. The van der Waals surface area contributed by atoms with Crippen LogP contribution in [0.4, 0.5) is 4.39 Å². The number of rotatable bonds is 4. The van der Waals surface area contributed by atoms with Crippen molar-refractivity contribution in [3.8, 4) is 0 Å². The van der Waals surface area contributed by atoms with Crippen molar-refractivity contribution in [2.75, 3.05) is 0 Å². The van der Waals surface area contributed by atoms with Crippen LogP contribution in [0.2, 0.25) is 0 Å². The zero-order valence-electron chi connectivity index (χ0n) is 9.91. The Bertz CT molecular complexity index is 559. The first kappa shape index (κ1) is 14.9. The van der Waals surface area contributed by atoms with E-state index in [9.17, 15) is 17.6 Å². The summed E-state index contributed by atoms with van der Waals surface area (Å²) in [5.41, 5.74) is 0.0518. The first-order valence-electron chi connectivity index (χ1n) is 5.30. The largest absolute Gasteiger partial charge is 0.350 e. The zero-order valence-corrected chi connectivity index (χ0v) is 11.5. The average Bonchev–Trinajstić information content (AvgIpc) is 2.27. The van der Waals surface area contributed by atoms with Gasteiger partial charge in [0.15, 0.2) is 0 Å². The highest BCUT2D eigenvalue weighted by molar-refractivity contribution is 8.13. The Hall–Kier alpha value is -1.14. The van der Waals surface area contributed by atoms with Crippen LogP contribution in [-0.2, 0) is 9.05 Å². The molecule has 0 aliphatic rings. The summed E-state index contributed by atoms with van der Waals surface area (Å²) in [4.78, 5) is 11.0. The molecular formula is C11H13ClFNO3S. The number of nitrogens with one attached hydrogen (secondary N) is 1. The Morgan fingerprint density at radius 1 is 1.50 bits per heavy atom. The normalized spacial score (nSPS) is 13.1. The van der Waals surface area contributed by atoms with E-state index in [0.29, 0.717) is 0 Å². The Kier molecular flexibility index (Phi) is 4.70. The first-order chi connectivity index (χ1) is 8.25. The lowest BCUT2D eigenvalue weighted by Gasteiger charge is -2.11. The van der Waals surface area contributed by atoms with E-state index >= 15 is 0 Å². The Balaban J connectivity index is 3.10. The molecule has 1 aromatic rings. The smallest absolute Gasteiger partial charge is 0.264 e. The highest BCUT2D eigenvalue weighted by atomic mass is 35.7. The van der Waals surface area contributed by atoms with Crippen molar-refractivity contribution in [3.05, 3.63) is 29.6 Å². The molecule has 0 aliphatic carbocycles. The van der Waals surface area contributed by atoms with Crippen LogP contribution in [0.3, 0.4) is 0 Å². The lowest BCUT2D eigenvalue weighted by Crippen LogP contribution is -2.32. The number of benzene rings is 1. The summed E-state index contributed by atoms with van der Waals surface area (Å²) in [6.45, 7) is 3.70. The Labute approximate surface area is 110 Å². The van der Waals surface area contributed by atoms with Gasteiger partial charge in [0.2, 0.25) is 0 Å². The van der Waals surface area contributed by atoms with Crippen molar-refractivity contribution in [2.24, 2.45) is 0 Å². The third-order valence-corrected chi connectivity index (χ3v) is 3.78. The van der Waals surface area contributed by atoms with Gasteiger partial charge in [-0.3, -0.25) is 4.79 Å². The maximum absolute atomic E-state index is 13.3. The minimum atomic E-state index is -4.21. The number of carbonyl (C=O) groups excluding carboxylic acids is 1. The van der Waals surface area contributed by atoms with Gasteiger partial charge >= 0.3 is 0 Å². The highest BCUT2D eigenvalue weighted by Gasteiger charge is 2.19. The van der Waals surface area contributed by atoms with Crippen molar-refractivity contribution in [1.29, 1.82) is 0 Å². The fraction of sp³-hybridized carbons (Fsp3) is 0.364. The van der Waals surface area contributed by atoms with Crippen LogP contribution in [0, 0.1) is 5.82 Å². The number of halogens is 2. The average molecular weight is 294 g/mol. The third kappa shape index (κ3) is 3.68. The lowest BCUT2D eigenvalue weighted by atomic mass is 10.2. The second-order valence-corrected chi connectivity index (χ2v) is 6.40. The van der Waals surface area contributed by atoms with E-state index in [1.807, 2.05) is 6.92 Å². The number of hydrogen-bond acceptors (Lipinski definition) is 3. The van der Waals surface area contributed by atoms with Crippen LogP contribution in [-0.4, -0.2) is 20.4 Å². The number of hydrogen-bond donors (Lipinski definition) is 1. The van der Waals surface area contributed by atoms with E-state index in [1.165, 1.54) is 6.07 Å². The van der Waals surface area contributed by atoms with Gasteiger partial charge in [-0.25, -0.2) is 12.8 Å². The maximum Gasteiger partial charge on any atom is 0.264 e. The van der Waals surface area contributed by atoms with Crippen molar-refractivity contribution in [3.63, 3.8) is 0 Å². The summed E-state index contributed by atoms with van der Waals surface area (Å²) < 4.78 is 35.5. The predicted octanol–water partition coefficient (Wildman–Crippen LogP) is 2.28. The summed E-state index contributed by atoms with van der Waals surface area (Å²) in [7, 11) is 0.868. The molecule has 1 N–H and O–H groups in total. The second kappa shape index (κ2) is 5.67. The van der Waals surface area contributed by atoms with Gasteiger partial charge in [0, 0.05) is 22.3 Å². The van der Waals surface area contributed by atoms with Gasteiger partial charge in [0.1, 0.15) is 10.7 Å². The van der Waals surface area contributed by atoms with Crippen molar-refractivity contribution in [1.82, 2.24) is 5.32 Å². The molecule has 0 aromatic heterocycles. The van der Waals surface area contributed by atoms with Gasteiger partial charge in [-0.1, -0.05) is 6.92 Å². The second-order valence-electron chi connectivity index (χ2n) is 3.87. The topological polar surface area (TPSA) is 63.2 Å². The summed E-state index contributed by atoms with van der Waals surface area (Å²) in [5, 5.41) is 2.64. The molecule has 100 valence electrons. The molecule has 0 aliphatic heterocycles. The first-order valence-corrected chi connectivity index (χ1v) is 7.61. The molecule has 0 saturated heterocycles. The van der Waals surface area contributed by atoms with Gasteiger partial charge in [-0.05, 0) is 31.5 Å². The molecule has 0 heterocycles. The fourth-order valence-electron chi connectivity index (χ4n) is 1.24. The van der Waals surface area contributed by atoms with Gasteiger partial charge in [-0.15, -0.1) is 0 Å². The van der Waals surface area contributed by atoms with Crippen molar-refractivity contribution < 1.29 is 17.6 Å². The molecule has 18 heavy (non-hydrogen) atoms. The van der Waals surface area contributed by atoms with Crippen LogP contribution in [0.15, 0.2) is 23.1 Å². The molecule has 7 heteroatoms. The van der Waals surface area contributed by atoms with Crippen LogP contribution in [0.5, 0.6) is 0 Å². The van der Waals surface area contributed by atoms with Gasteiger partial charge < -0.3 is 5.32 Å². The zero-order chi connectivity index (χ0) is 13.9. The molecule has 1 rings (SSSR count). The van der Waals surface area contributed by atoms with E-state index in [4.69, 9.17) is 10.7 Å². The molecule has 1 aromatic carbocycles. The monoisotopic (exact) mass is 293 g/mol. The van der Waals surface area contributed by atoms with E-state index in [1.54, 1.807) is 6.92 Å². The predicted molar refractivity (Wildman–Crippen MR) is 66.7 cm³/mol. The van der Waals surface area contributed by atoms with Crippen LogP contribution in [0.1, 0.15) is 30.6 Å². The summed E-state index contributed by atoms with van der Waals surface area (Å²) in [6.07, 6.45) is 0.730. The van der Waals surface area contributed by atoms with Crippen molar-refractivity contribution in [2.45, 2.75) is 31.2 Å². The van der Waals surface area contributed by atoms with Gasteiger partial charge in [0.25, 0.3) is 15.0 Å². The quantitative estimate of drug-likeness (QED) is 0.866. The van der Waals surface area contributed by atoms with E-state index in [2.05, 4.69) is 5.32 Å². The Morgan fingerprint density at radius 3 is 2.61 bits per heavy atom. The van der Waals surface area contributed by atoms with Crippen LogP contribution < -0.4 is 5.32 Å². The summed E-state index contributed by atoms with van der Waals surface area (Å²) >= 11 is 0. The molecule has 0 radical (unpaired) electrons. The molecule has 0 bridgehead atoms. The van der Waals surface area contributed by atoms with Crippen LogP contribution in [0.25, 0.3) is 0 Å². The number of amides is 1. The number of carbonyl (C=O) groups is 1.